The van der Waals surface area contributed by atoms with E-state index in [1.54, 1.807) is 11.8 Å². The molecule has 0 aliphatic rings. The van der Waals surface area contributed by atoms with E-state index < -0.39 is 0 Å². The molecular weight excluding hydrogens is 296 g/mol. The van der Waals surface area contributed by atoms with Crippen molar-refractivity contribution in [2.24, 2.45) is 7.05 Å². The number of pyridine rings is 1. The summed E-state index contributed by atoms with van der Waals surface area (Å²) >= 11 is 1.57. The van der Waals surface area contributed by atoms with E-state index in [1.165, 1.54) is 0 Å². The van der Waals surface area contributed by atoms with Crippen LogP contribution in [0, 0.1) is 6.92 Å². The van der Waals surface area contributed by atoms with E-state index in [4.69, 9.17) is 4.74 Å². The van der Waals surface area contributed by atoms with Crippen molar-refractivity contribution in [3.63, 3.8) is 0 Å². The predicted molar refractivity (Wildman–Crippen MR) is 90.7 cm³/mol. The van der Waals surface area contributed by atoms with Crippen LogP contribution in [0.3, 0.4) is 0 Å². The fourth-order valence-corrected chi connectivity index (χ4v) is 3.73. The van der Waals surface area contributed by atoms with Gasteiger partial charge in [0, 0.05) is 22.7 Å². The van der Waals surface area contributed by atoms with Crippen molar-refractivity contribution in [3.05, 3.63) is 35.5 Å². The third kappa shape index (κ3) is 2.08. The number of hydrogen-bond acceptors (Lipinski definition) is 4. The molecule has 0 amide bonds. The number of thioether (sulfide) groups is 1. The van der Waals surface area contributed by atoms with Crippen molar-refractivity contribution in [2.45, 2.75) is 18.7 Å². The summed E-state index contributed by atoms with van der Waals surface area (Å²) in [5, 5.41) is 2.14. The first-order valence-electron chi connectivity index (χ1n) is 7.19. The third-order valence-corrected chi connectivity index (χ3v) is 4.67. The molecule has 0 spiro atoms. The number of aryl methyl sites for hydroxylation is 2. The van der Waals surface area contributed by atoms with Crippen LogP contribution in [-0.2, 0) is 11.8 Å². The largest absolute Gasteiger partial charge is 0.462 e. The molecule has 0 atom stereocenters. The van der Waals surface area contributed by atoms with Gasteiger partial charge in [0.1, 0.15) is 5.65 Å². The maximum atomic E-state index is 12.3. The number of nitrogens with zero attached hydrogens (tertiary/aromatic N) is 2. The number of ether oxygens (including phenoxy) is 1. The Morgan fingerprint density at radius 2 is 2.09 bits per heavy atom. The molecule has 0 aliphatic heterocycles. The van der Waals surface area contributed by atoms with Crippen molar-refractivity contribution in [1.29, 1.82) is 0 Å². The Bertz CT molecular complexity index is 883. The molecule has 114 valence electrons. The lowest BCUT2D eigenvalue weighted by atomic mass is 10.1. The molecule has 22 heavy (non-hydrogen) atoms. The lowest BCUT2D eigenvalue weighted by molar-refractivity contribution is 0.0521. The molecule has 5 heteroatoms. The minimum atomic E-state index is -0.299. The van der Waals surface area contributed by atoms with Gasteiger partial charge in [0.05, 0.1) is 23.4 Å². The van der Waals surface area contributed by atoms with Gasteiger partial charge in [0.2, 0.25) is 0 Å². The maximum Gasteiger partial charge on any atom is 0.341 e. The van der Waals surface area contributed by atoms with Gasteiger partial charge < -0.3 is 9.30 Å². The van der Waals surface area contributed by atoms with Crippen LogP contribution in [0.4, 0.5) is 0 Å². The van der Waals surface area contributed by atoms with Crippen LogP contribution in [0.15, 0.2) is 29.2 Å². The van der Waals surface area contributed by atoms with E-state index in [-0.39, 0.29) is 5.97 Å². The summed E-state index contributed by atoms with van der Waals surface area (Å²) in [4.78, 5) is 18.0. The number of carbonyl (C=O) groups is 1. The van der Waals surface area contributed by atoms with E-state index in [2.05, 4.69) is 21.7 Å². The second kappa shape index (κ2) is 5.65. The second-order valence-electron chi connectivity index (χ2n) is 5.10. The molecule has 1 aromatic carbocycles. The zero-order valence-electron chi connectivity index (χ0n) is 13.1. The third-order valence-electron chi connectivity index (χ3n) is 3.85. The van der Waals surface area contributed by atoms with Crippen LogP contribution in [-0.4, -0.2) is 28.4 Å². The van der Waals surface area contributed by atoms with Crippen LogP contribution in [0.1, 0.15) is 23.0 Å². The van der Waals surface area contributed by atoms with Gasteiger partial charge in [-0.05, 0) is 26.2 Å². The molecule has 0 radical (unpaired) electrons. The Kier molecular flexibility index (Phi) is 3.83. The minimum absolute atomic E-state index is 0.299. The molecule has 0 unspecified atom stereocenters. The number of carbonyl (C=O) groups excluding carboxylic acids is 1. The Balaban J connectivity index is 2.47. The molecule has 4 nitrogen and oxygen atoms in total. The van der Waals surface area contributed by atoms with Crippen molar-refractivity contribution in [1.82, 2.24) is 9.55 Å². The highest BCUT2D eigenvalue weighted by molar-refractivity contribution is 7.99. The zero-order valence-corrected chi connectivity index (χ0v) is 14.0. The summed E-state index contributed by atoms with van der Waals surface area (Å²) in [5.74, 6) is -0.299. The van der Waals surface area contributed by atoms with Crippen molar-refractivity contribution >= 4 is 39.7 Å². The molecule has 3 aromatic rings. The molecule has 2 aromatic heterocycles. The SMILES string of the molecule is CCOC(=O)c1c(C)nc2c(c1SC)c1ccccc1n2C. The summed E-state index contributed by atoms with van der Waals surface area (Å²) < 4.78 is 7.30. The van der Waals surface area contributed by atoms with Crippen LogP contribution in [0.5, 0.6) is 0 Å². The summed E-state index contributed by atoms with van der Waals surface area (Å²) in [5.41, 5.74) is 3.30. The maximum absolute atomic E-state index is 12.3. The Hall–Kier alpha value is -2.01. The van der Waals surface area contributed by atoms with Gasteiger partial charge in [0.15, 0.2) is 0 Å². The highest BCUT2D eigenvalue weighted by Gasteiger charge is 2.23. The van der Waals surface area contributed by atoms with E-state index in [1.807, 2.05) is 39.3 Å². The van der Waals surface area contributed by atoms with Gasteiger partial charge in [0.25, 0.3) is 0 Å². The minimum Gasteiger partial charge on any atom is -0.462 e. The number of esters is 1. The van der Waals surface area contributed by atoms with Gasteiger partial charge in [-0.2, -0.15) is 0 Å². The molecule has 0 saturated carbocycles. The fraction of sp³-hybridized carbons (Fsp3) is 0.294. The first-order chi connectivity index (χ1) is 10.6. The van der Waals surface area contributed by atoms with Gasteiger partial charge in [-0.25, -0.2) is 9.78 Å². The van der Waals surface area contributed by atoms with Crippen molar-refractivity contribution in [2.75, 3.05) is 12.9 Å². The number of aromatic nitrogens is 2. The second-order valence-corrected chi connectivity index (χ2v) is 5.92. The topological polar surface area (TPSA) is 44.1 Å². The zero-order chi connectivity index (χ0) is 15.9. The number of rotatable bonds is 3. The summed E-state index contributed by atoms with van der Waals surface area (Å²) in [7, 11) is 2.01. The molecular formula is C17H18N2O2S. The molecule has 0 aliphatic carbocycles. The standard InChI is InChI=1S/C17H18N2O2S/c1-5-21-17(20)13-10(2)18-16-14(15(13)22-4)11-8-6-7-9-12(11)19(16)3/h6-9H,5H2,1-4H3. The Labute approximate surface area is 133 Å². The molecule has 0 N–H and O–H groups in total. The number of benzene rings is 1. The molecule has 0 saturated heterocycles. The number of para-hydroxylation sites is 1. The van der Waals surface area contributed by atoms with E-state index in [0.717, 1.165) is 26.8 Å². The first-order valence-corrected chi connectivity index (χ1v) is 8.41. The summed E-state index contributed by atoms with van der Waals surface area (Å²) in [6.07, 6.45) is 1.98. The van der Waals surface area contributed by atoms with Crippen LogP contribution in [0.2, 0.25) is 0 Å². The summed E-state index contributed by atoms with van der Waals surface area (Å²) in [6, 6.07) is 8.17. The van der Waals surface area contributed by atoms with Crippen LogP contribution in [0.25, 0.3) is 21.9 Å². The first kappa shape index (κ1) is 14.9. The molecule has 0 bridgehead atoms. The molecule has 2 heterocycles. The average Bonchev–Trinajstić information content (AvgIpc) is 2.79. The average molecular weight is 314 g/mol. The van der Waals surface area contributed by atoms with Crippen molar-refractivity contribution < 1.29 is 9.53 Å². The Morgan fingerprint density at radius 1 is 1.36 bits per heavy atom. The van der Waals surface area contributed by atoms with E-state index in [9.17, 15) is 4.79 Å². The van der Waals surface area contributed by atoms with Gasteiger partial charge >= 0.3 is 5.97 Å². The van der Waals surface area contributed by atoms with Crippen LogP contribution >= 0.6 is 11.8 Å². The van der Waals surface area contributed by atoms with Crippen LogP contribution < -0.4 is 0 Å². The molecule has 0 fully saturated rings. The Morgan fingerprint density at radius 3 is 2.77 bits per heavy atom. The highest BCUT2D eigenvalue weighted by atomic mass is 32.2. The molecule has 3 rings (SSSR count). The fourth-order valence-electron chi connectivity index (χ4n) is 2.89. The van der Waals surface area contributed by atoms with Gasteiger partial charge in [-0.3, -0.25) is 0 Å². The normalized spacial score (nSPS) is 11.3. The highest BCUT2D eigenvalue weighted by Crippen LogP contribution is 2.37. The van der Waals surface area contributed by atoms with E-state index in [0.29, 0.717) is 17.9 Å². The number of fused-ring (bicyclic) bond motifs is 3. The quantitative estimate of drug-likeness (QED) is 0.543. The van der Waals surface area contributed by atoms with Crippen molar-refractivity contribution in [3.8, 4) is 0 Å². The number of hydrogen-bond donors (Lipinski definition) is 0. The lowest BCUT2D eigenvalue weighted by Crippen LogP contribution is -2.10. The smallest absolute Gasteiger partial charge is 0.341 e. The predicted octanol–water partition coefficient (Wildman–Crippen LogP) is 3.93. The van der Waals surface area contributed by atoms with Gasteiger partial charge in [-0.1, -0.05) is 18.2 Å². The monoisotopic (exact) mass is 314 g/mol. The lowest BCUT2D eigenvalue weighted by Gasteiger charge is -2.11. The van der Waals surface area contributed by atoms with Gasteiger partial charge in [-0.15, -0.1) is 11.8 Å². The summed E-state index contributed by atoms with van der Waals surface area (Å²) in [6.45, 7) is 4.04. The van der Waals surface area contributed by atoms with E-state index >= 15 is 0 Å².